The third-order valence-corrected chi connectivity index (χ3v) is 4.66. The first-order valence-electron chi connectivity index (χ1n) is 9.36. The molecule has 0 bridgehead atoms. The van der Waals surface area contributed by atoms with Crippen molar-refractivity contribution < 1.29 is 19.1 Å². The fourth-order valence-electron chi connectivity index (χ4n) is 2.91. The van der Waals surface area contributed by atoms with E-state index in [2.05, 4.69) is 15.6 Å². The molecule has 0 aliphatic carbocycles. The molecule has 2 heterocycles. The number of aromatic nitrogens is 1. The number of hydrogen-bond acceptors (Lipinski definition) is 5. The van der Waals surface area contributed by atoms with E-state index >= 15 is 0 Å². The van der Waals surface area contributed by atoms with E-state index in [1.54, 1.807) is 49.5 Å². The lowest BCUT2D eigenvalue weighted by Crippen LogP contribution is -2.30. The van der Waals surface area contributed by atoms with Crippen molar-refractivity contribution in [2.24, 2.45) is 0 Å². The second kappa shape index (κ2) is 9.11. The van der Waals surface area contributed by atoms with Crippen LogP contribution < -0.4 is 10.6 Å². The predicted octanol–water partition coefficient (Wildman–Crippen LogP) is 4.04. The van der Waals surface area contributed by atoms with Gasteiger partial charge in [-0.2, -0.15) is 0 Å². The number of rotatable bonds is 6. The maximum absolute atomic E-state index is 12.8. The number of aliphatic hydroxyl groups is 1. The number of nitrogens with zero attached hydrogens (tertiary/aromatic N) is 1. The maximum atomic E-state index is 12.8. The summed E-state index contributed by atoms with van der Waals surface area (Å²) in [4.78, 5) is 28.4. The van der Waals surface area contributed by atoms with E-state index in [-0.39, 0.29) is 18.0 Å². The highest BCUT2D eigenvalue weighted by Crippen LogP contribution is 2.37. The second-order valence-corrected chi connectivity index (χ2v) is 7.37. The normalized spacial score (nSPS) is 11.8. The number of pyridine rings is 1. The van der Waals surface area contributed by atoms with Crippen molar-refractivity contribution in [3.8, 4) is 22.6 Å². The Hall–Kier alpha value is -3.16. The van der Waals surface area contributed by atoms with Crippen LogP contribution in [-0.2, 0) is 4.79 Å². The molecule has 0 unspecified atom stereocenters. The summed E-state index contributed by atoms with van der Waals surface area (Å²) in [6.45, 7) is 4.93. The third-order valence-electron chi connectivity index (χ3n) is 4.33. The lowest BCUT2D eigenvalue weighted by molar-refractivity contribution is -0.114. The Bertz CT molecular complexity index is 1090. The molecule has 0 saturated heterocycles. The molecule has 156 valence electrons. The van der Waals surface area contributed by atoms with E-state index < -0.39 is 12.0 Å². The molecule has 2 amide bonds. The Morgan fingerprint density at radius 3 is 2.63 bits per heavy atom. The Morgan fingerprint density at radius 1 is 1.23 bits per heavy atom. The van der Waals surface area contributed by atoms with Gasteiger partial charge in [0.05, 0.1) is 16.7 Å². The summed E-state index contributed by atoms with van der Waals surface area (Å²) in [6.07, 6.45) is 0.928. The summed E-state index contributed by atoms with van der Waals surface area (Å²) in [6, 6.07) is 10.4. The van der Waals surface area contributed by atoms with Gasteiger partial charge in [-0.25, -0.2) is 4.98 Å². The highest BCUT2D eigenvalue weighted by atomic mass is 35.5. The van der Waals surface area contributed by atoms with Gasteiger partial charge in [-0.3, -0.25) is 9.59 Å². The smallest absolute Gasteiger partial charge is 0.255 e. The number of nitrogens with one attached hydrogen (secondary N) is 2. The second-order valence-electron chi connectivity index (χ2n) is 6.96. The molecule has 0 aliphatic heterocycles. The van der Waals surface area contributed by atoms with Gasteiger partial charge in [-0.05, 0) is 43.7 Å². The van der Waals surface area contributed by atoms with Crippen LogP contribution in [0.3, 0.4) is 0 Å². The SMILES string of the molecule is CC(=O)Nc1cc(-c2cc(C(=O)NC[C@@H](C)O)c(-c3ccccc3Cl)o2)c(C)cn1. The van der Waals surface area contributed by atoms with Crippen molar-refractivity contribution in [1.29, 1.82) is 0 Å². The molecule has 1 atom stereocenters. The predicted molar refractivity (Wildman–Crippen MR) is 115 cm³/mol. The van der Waals surface area contributed by atoms with E-state index in [1.165, 1.54) is 6.92 Å². The number of benzene rings is 1. The van der Waals surface area contributed by atoms with Gasteiger partial charge in [-0.15, -0.1) is 0 Å². The molecule has 1 aromatic carbocycles. The van der Waals surface area contributed by atoms with E-state index in [0.717, 1.165) is 5.56 Å². The monoisotopic (exact) mass is 427 g/mol. The third kappa shape index (κ3) is 4.87. The van der Waals surface area contributed by atoms with Crippen LogP contribution in [0.25, 0.3) is 22.6 Å². The summed E-state index contributed by atoms with van der Waals surface area (Å²) in [5, 5.41) is 15.3. The minimum Gasteiger partial charge on any atom is -0.455 e. The summed E-state index contributed by atoms with van der Waals surface area (Å²) in [7, 11) is 0. The minimum absolute atomic E-state index is 0.0995. The largest absolute Gasteiger partial charge is 0.455 e. The molecule has 3 rings (SSSR count). The molecule has 7 nitrogen and oxygen atoms in total. The number of carbonyl (C=O) groups is 2. The molecule has 0 aliphatic rings. The van der Waals surface area contributed by atoms with Crippen molar-refractivity contribution in [1.82, 2.24) is 10.3 Å². The number of halogens is 1. The van der Waals surface area contributed by atoms with Crippen molar-refractivity contribution in [3.05, 3.63) is 58.7 Å². The lowest BCUT2D eigenvalue weighted by atomic mass is 10.1. The molecule has 8 heteroatoms. The summed E-state index contributed by atoms with van der Waals surface area (Å²) in [5.74, 6) is 0.481. The minimum atomic E-state index is -0.688. The molecule has 2 aromatic heterocycles. The number of furan rings is 1. The number of aliphatic hydroxyl groups excluding tert-OH is 1. The molecular formula is C22H22ClN3O4. The molecule has 0 fully saturated rings. The Balaban J connectivity index is 2.11. The topological polar surface area (TPSA) is 104 Å². The fourth-order valence-corrected chi connectivity index (χ4v) is 3.13. The quantitative estimate of drug-likeness (QED) is 0.550. The summed E-state index contributed by atoms with van der Waals surface area (Å²) < 4.78 is 6.09. The van der Waals surface area contributed by atoms with Crippen molar-refractivity contribution in [3.63, 3.8) is 0 Å². The summed E-state index contributed by atoms with van der Waals surface area (Å²) >= 11 is 6.34. The highest BCUT2D eigenvalue weighted by molar-refractivity contribution is 6.33. The molecule has 30 heavy (non-hydrogen) atoms. The van der Waals surface area contributed by atoms with Crippen LogP contribution in [0.4, 0.5) is 5.82 Å². The van der Waals surface area contributed by atoms with Crippen LogP contribution in [0, 0.1) is 6.92 Å². The highest BCUT2D eigenvalue weighted by Gasteiger charge is 2.23. The fraction of sp³-hybridized carbons (Fsp3) is 0.227. The van der Waals surface area contributed by atoms with Crippen LogP contribution >= 0.6 is 11.6 Å². The van der Waals surface area contributed by atoms with E-state index in [9.17, 15) is 14.7 Å². The van der Waals surface area contributed by atoms with Crippen molar-refractivity contribution in [2.75, 3.05) is 11.9 Å². The summed E-state index contributed by atoms with van der Waals surface area (Å²) in [5.41, 5.74) is 2.34. The van der Waals surface area contributed by atoms with Crippen LogP contribution in [-0.4, -0.2) is 34.6 Å². The van der Waals surface area contributed by atoms with Crippen molar-refractivity contribution in [2.45, 2.75) is 26.9 Å². The number of aryl methyl sites for hydroxylation is 1. The van der Waals surface area contributed by atoms with E-state index in [4.69, 9.17) is 16.0 Å². The first-order chi connectivity index (χ1) is 14.3. The van der Waals surface area contributed by atoms with E-state index in [1.807, 2.05) is 6.92 Å². The van der Waals surface area contributed by atoms with Gasteiger partial charge in [0.15, 0.2) is 0 Å². The lowest BCUT2D eigenvalue weighted by Gasteiger charge is -2.08. The van der Waals surface area contributed by atoms with Gasteiger partial charge in [-0.1, -0.05) is 23.7 Å². The van der Waals surface area contributed by atoms with Gasteiger partial charge in [0.1, 0.15) is 17.3 Å². The van der Waals surface area contributed by atoms with Gasteiger partial charge in [0.2, 0.25) is 5.91 Å². The molecule has 3 N–H and O–H groups in total. The standard InChI is InChI=1S/C22H22ClN3O4/c1-12-10-24-20(26-14(3)28)9-16(12)19-8-17(22(29)25-11-13(2)27)21(30-19)15-6-4-5-7-18(15)23/h4-10,13,27H,11H2,1-3H3,(H,25,29)(H,24,26,28)/t13-/m1/s1. The maximum Gasteiger partial charge on any atom is 0.255 e. The zero-order chi connectivity index (χ0) is 21.8. The van der Waals surface area contributed by atoms with Crippen LogP contribution in [0.1, 0.15) is 29.8 Å². The number of anilines is 1. The molecule has 0 spiro atoms. The zero-order valence-electron chi connectivity index (χ0n) is 16.8. The van der Waals surface area contributed by atoms with Crippen LogP contribution in [0.15, 0.2) is 47.0 Å². The van der Waals surface area contributed by atoms with Gasteiger partial charge in [0, 0.05) is 30.8 Å². The van der Waals surface area contributed by atoms with Gasteiger partial charge >= 0.3 is 0 Å². The number of carbonyl (C=O) groups excluding carboxylic acids is 2. The van der Waals surface area contributed by atoms with Gasteiger partial charge < -0.3 is 20.2 Å². The molecule has 0 radical (unpaired) electrons. The van der Waals surface area contributed by atoms with E-state index in [0.29, 0.717) is 33.5 Å². The van der Waals surface area contributed by atoms with Crippen molar-refractivity contribution >= 4 is 29.2 Å². The Kier molecular flexibility index (Phi) is 6.54. The van der Waals surface area contributed by atoms with Gasteiger partial charge in [0.25, 0.3) is 5.91 Å². The Morgan fingerprint density at radius 2 is 1.97 bits per heavy atom. The number of hydrogen-bond donors (Lipinski definition) is 3. The average Bonchev–Trinajstić information content (AvgIpc) is 3.12. The van der Waals surface area contributed by atoms with Crippen LogP contribution in [0.5, 0.6) is 0 Å². The molecule has 0 saturated carbocycles. The number of amides is 2. The first-order valence-corrected chi connectivity index (χ1v) is 9.73. The Labute approximate surface area is 179 Å². The molecule has 3 aromatic rings. The van der Waals surface area contributed by atoms with Crippen LogP contribution in [0.2, 0.25) is 5.02 Å². The zero-order valence-corrected chi connectivity index (χ0v) is 17.6. The molecular weight excluding hydrogens is 406 g/mol. The average molecular weight is 428 g/mol. The first kappa shape index (κ1) is 21.5.